The number of carbonyl (C=O) groups is 3. The van der Waals surface area contributed by atoms with Crippen molar-refractivity contribution in [1.82, 2.24) is 5.32 Å². The van der Waals surface area contributed by atoms with Crippen LogP contribution in [0.2, 0.25) is 5.02 Å². The summed E-state index contributed by atoms with van der Waals surface area (Å²) >= 11 is 6.27. The molecule has 0 saturated carbocycles. The number of hydrogen-bond donors (Lipinski definition) is 3. The Hall–Kier alpha value is -3.06. The number of esters is 1. The molecule has 29 heavy (non-hydrogen) atoms. The molecule has 1 amide bonds. The predicted octanol–water partition coefficient (Wildman–Crippen LogP) is 2.96. The lowest BCUT2D eigenvalue weighted by atomic mass is 9.89. The zero-order chi connectivity index (χ0) is 21.3. The Morgan fingerprint density at radius 1 is 1.28 bits per heavy atom. The van der Waals surface area contributed by atoms with Gasteiger partial charge in [-0.2, -0.15) is 0 Å². The van der Waals surface area contributed by atoms with E-state index in [0.29, 0.717) is 5.56 Å². The van der Waals surface area contributed by atoms with E-state index >= 15 is 0 Å². The molecule has 0 aromatic heterocycles. The van der Waals surface area contributed by atoms with E-state index in [4.69, 9.17) is 16.3 Å². The third-order valence-electron chi connectivity index (χ3n) is 4.66. The zero-order valence-electron chi connectivity index (χ0n) is 15.9. The van der Waals surface area contributed by atoms with Crippen LogP contribution in [0.4, 0.5) is 0 Å². The number of carboxylic acids is 1. The standard InChI is InChI=1S/C21H20ClNO6/c1-21(2)10-13-14(22)9-12(17(24)16(13)20(28)29-21)18(25)23-15(19(26)27)8-11-6-4-3-5-7-11/h3-7,9,15,24H,8,10H2,1-2H3,(H,23,25)(H,26,27)/t15-/m1/s1. The summed E-state index contributed by atoms with van der Waals surface area (Å²) in [4.78, 5) is 36.7. The number of benzene rings is 2. The predicted molar refractivity (Wildman–Crippen MR) is 105 cm³/mol. The van der Waals surface area contributed by atoms with Crippen LogP contribution in [0.3, 0.4) is 0 Å². The average molecular weight is 418 g/mol. The van der Waals surface area contributed by atoms with Crippen molar-refractivity contribution in [3.8, 4) is 5.75 Å². The number of carboxylic acid groups (broad SMARTS) is 1. The number of carbonyl (C=O) groups excluding carboxylic acids is 2. The van der Waals surface area contributed by atoms with E-state index in [0.717, 1.165) is 5.56 Å². The molecule has 0 bridgehead atoms. The van der Waals surface area contributed by atoms with Gasteiger partial charge in [0.2, 0.25) is 0 Å². The Labute approximate surface area is 172 Å². The third kappa shape index (κ3) is 4.35. The summed E-state index contributed by atoms with van der Waals surface area (Å²) < 4.78 is 5.29. The van der Waals surface area contributed by atoms with Crippen LogP contribution in [0.1, 0.15) is 45.7 Å². The number of aliphatic carboxylic acids is 1. The van der Waals surface area contributed by atoms with Gasteiger partial charge in [-0.3, -0.25) is 4.79 Å². The fraction of sp³-hybridized carbons (Fsp3) is 0.286. The third-order valence-corrected chi connectivity index (χ3v) is 5.00. The quantitative estimate of drug-likeness (QED) is 0.644. The molecule has 0 unspecified atom stereocenters. The fourth-order valence-corrected chi connectivity index (χ4v) is 3.57. The summed E-state index contributed by atoms with van der Waals surface area (Å²) in [6.45, 7) is 3.42. The number of nitrogens with one attached hydrogen (secondary N) is 1. The number of phenolic OH excluding ortho intramolecular Hbond substituents is 1. The SMILES string of the molecule is CC1(C)Cc2c(Cl)cc(C(=O)N[C@H](Cc3ccccc3)C(=O)O)c(O)c2C(=O)O1. The molecule has 3 N–H and O–H groups in total. The molecule has 1 aliphatic heterocycles. The van der Waals surface area contributed by atoms with Crippen LogP contribution < -0.4 is 5.32 Å². The maximum atomic E-state index is 12.7. The molecule has 7 nitrogen and oxygen atoms in total. The van der Waals surface area contributed by atoms with Crippen molar-refractivity contribution in [2.24, 2.45) is 0 Å². The van der Waals surface area contributed by atoms with Crippen LogP contribution in [0.5, 0.6) is 5.75 Å². The smallest absolute Gasteiger partial charge is 0.342 e. The highest BCUT2D eigenvalue weighted by Gasteiger charge is 2.37. The molecule has 2 aromatic rings. The van der Waals surface area contributed by atoms with Crippen LogP contribution in [0.15, 0.2) is 36.4 Å². The number of rotatable bonds is 5. The molecular formula is C21H20ClNO6. The summed E-state index contributed by atoms with van der Waals surface area (Å²) in [5.41, 5.74) is -0.144. The van der Waals surface area contributed by atoms with Crippen molar-refractivity contribution < 1.29 is 29.3 Å². The largest absolute Gasteiger partial charge is 0.506 e. The molecule has 0 fully saturated rings. The fourth-order valence-electron chi connectivity index (χ4n) is 3.29. The Morgan fingerprint density at radius 2 is 1.93 bits per heavy atom. The Morgan fingerprint density at radius 3 is 2.55 bits per heavy atom. The van der Waals surface area contributed by atoms with Gasteiger partial charge in [0.25, 0.3) is 5.91 Å². The minimum absolute atomic E-state index is 0.0532. The van der Waals surface area contributed by atoms with E-state index in [1.165, 1.54) is 6.07 Å². The first-order valence-corrected chi connectivity index (χ1v) is 9.32. The van der Waals surface area contributed by atoms with Crippen LogP contribution in [0, 0.1) is 0 Å². The number of ether oxygens (including phenoxy) is 1. The molecule has 0 spiro atoms. The highest BCUT2D eigenvalue weighted by molar-refractivity contribution is 6.32. The van der Waals surface area contributed by atoms with Crippen LogP contribution in [-0.4, -0.2) is 39.7 Å². The lowest BCUT2D eigenvalue weighted by molar-refractivity contribution is -0.139. The topological polar surface area (TPSA) is 113 Å². The summed E-state index contributed by atoms with van der Waals surface area (Å²) in [7, 11) is 0. The first-order valence-electron chi connectivity index (χ1n) is 8.94. The van der Waals surface area contributed by atoms with Crippen LogP contribution in [-0.2, 0) is 22.4 Å². The maximum absolute atomic E-state index is 12.7. The number of hydrogen-bond acceptors (Lipinski definition) is 5. The average Bonchev–Trinajstić information content (AvgIpc) is 2.63. The van der Waals surface area contributed by atoms with Gasteiger partial charge >= 0.3 is 11.9 Å². The van der Waals surface area contributed by atoms with Gasteiger partial charge in [0.15, 0.2) is 0 Å². The molecule has 3 rings (SSSR count). The van der Waals surface area contributed by atoms with Crippen molar-refractivity contribution >= 4 is 29.4 Å². The molecule has 8 heteroatoms. The number of aromatic hydroxyl groups is 1. The van der Waals surface area contributed by atoms with Crippen LogP contribution >= 0.6 is 11.6 Å². The van der Waals surface area contributed by atoms with Crippen molar-refractivity contribution in [2.75, 3.05) is 0 Å². The zero-order valence-corrected chi connectivity index (χ0v) is 16.6. The van der Waals surface area contributed by atoms with Gasteiger partial charge in [-0.15, -0.1) is 0 Å². The molecular weight excluding hydrogens is 398 g/mol. The summed E-state index contributed by atoms with van der Waals surface area (Å²) in [6.07, 6.45) is 0.325. The van der Waals surface area contributed by atoms with Crippen LogP contribution in [0.25, 0.3) is 0 Å². The molecule has 0 aliphatic carbocycles. The first-order chi connectivity index (χ1) is 13.6. The minimum atomic E-state index is -1.23. The van der Waals surface area contributed by atoms with Crippen molar-refractivity contribution in [1.29, 1.82) is 0 Å². The van der Waals surface area contributed by atoms with Gasteiger partial charge in [-0.25, -0.2) is 9.59 Å². The molecule has 1 aliphatic rings. The highest BCUT2D eigenvalue weighted by Crippen LogP contribution is 2.39. The molecule has 152 valence electrons. The summed E-state index contributed by atoms with van der Waals surface area (Å²) in [6, 6.07) is 8.81. The second kappa shape index (κ2) is 7.75. The highest BCUT2D eigenvalue weighted by atomic mass is 35.5. The van der Waals surface area contributed by atoms with E-state index in [-0.39, 0.29) is 29.0 Å². The monoisotopic (exact) mass is 417 g/mol. The van der Waals surface area contributed by atoms with E-state index in [1.807, 2.05) is 0 Å². The summed E-state index contributed by atoms with van der Waals surface area (Å²) in [5, 5.41) is 22.5. The van der Waals surface area contributed by atoms with Gasteiger partial charge < -0.3 is 20.3 Å². The number of fused-ring (bicyclic) bond motifs is 1. The van der Waals surface area contributed by atoms with Gasteiger partial charge in [0.1, 0.15) is 23.0 Å². The Bertz CT molecular complexity index is 986. The van der Waals surface area contributed by atoms with Crippen molar-refractivity contribution in [3.63, 3.8) is 0 Å². The normalized spacial score (nSPS) is 15.8. The van der Waals surface area contributed by atoms with Gasteiger partial charge in [-0.05, 0) is 31.0 Å². The van der Waals surface area contributed by atoms with Crippen molar-refractivity contribution in [2.45, 2.75) is 38.3 Å². The molecule has 2 aromatic carbocycles. The lowest BCUT2D eigenvalue weighted by Crippen LogP contribution is -2.42. The lowest BCUT2D eigenvalue weighted by Gasteiger charge is -2.32. The van der Waals surface area contributed by atoms with E-state index in [1.54, 1.807) is 44.2 Å². The molecule has 1 heterocycles. The first kappa shape index (κ1) is 20.7. The number of phenols is 1. The maximum Gasteiger partial charge on any atom is 0.342 e. The molecule has 1 atom stereocenters. The summed E-state index contributed by atoms with van der Waals surface area (Å²) in [5.74, 6) is -3.45. The second-order valence-electron chi connectivity index (χ2n) is 7.49. The van der Waals surface area contributed by atoms with Gasteiger partial charge in [0.05, 0.1) is 5.56 Å². The van der Waals surface area contributed by atoms with E-state index in [2.05, 4.69) is 5.32 Å². The van der Waals surface area contributed by atoms with Crippen molar-refractivity contribution in [3.05, 3.63) is 63.7 Å². The number of cyclic esters (lactones) is 1. The second-order valence-corrected chi connectivity index (χ2v) is 7.90. The minimum Gasteiger partial charge on any atom is -0.506 e. The Balaban J connectivity index is 1.91. The number of halogens is 1. The number of amides is 1. The van der Waals surface area contributed by atoms with Gasteiger partial charge in [0, 0.05) is 17.9 Å². The molecule has 0 saturated heterocycles. The Kier molecular flexibility index (Phi) is 5.53. The van der Waals surface area contributed by atoms with Gasteiger partial charge in [-0.1, -0.05) is 41.9 Å². The van der Waals surface area contributed by atoms with E-state index in [9.17, 15) is 24.6 Å². The van der Waals surface area contributed by atoms with E-state index < -0.39 is 35.2 Å². The molecule has 0 radical (unpaired) electrons.